The molecule has 0 saturated carbocycles. The van der Waals surface area contributed by atoms with Gasteiger partial charge in [-0.1, -0.05) is 39.5 Å². The molecule has 0 amide bonds. The standard InChI is InChI=1S/C65H120O28Si8.4C2H4/c1-54(2)60(66)80-40-34-72-30-24-46-94(13)86-96(15,48-26-32-74-36-42-82-62(68)56(5)6)90-100(19,52-78-38-44-84-64(70)58(9)10)92-98(17,88-94)50-76-28-22-21-23-29-77-51-99(18)89-95(14,47-25-31-73-35-41-81-61(67)55(3)4)87-97(16,49-27-33-75-37-43-83-63(69)57(7)8)91-101(20,93-99)53-79-39-45-85-65(71)59(11)12;4*1-2/h1,3,5,7,9,11,21-53H2,2,4,6,8,10,12-20H3;4*1-2H2. The molecule has 0 bridgehead atoms. The number of ether oxygens (including phenoxy) is 14. The predicted molar refractivity (Wildman–Crippen MR) is 439 cm³/mol. The Morgan fingerprint density at radius 3 is 0.541 bits per heavy atom. The molecule has 2 saturated heterocycles. The molecule has 109 heavy (non-hydrogen) atoms. The van der Waals surface area contributed by atoms with Crippen LogP contribution in [0.3, 0.4) is 0 Å². The molecule has 2 rings (SSSR count). The van der Waals surface area contributed by atoms with Gasteiger partial charge in [0.1, 0.15) is 39.6 Å². The minimum absolute atomic E-state index is 0.00999. The summed E-state index contributed by atoms with van der Waals surface area (Å²) in [7, 11) is -26.3. The molecule has 0 aromatic rings. The molecule has 8 unspecified atom stereocenters. The molecule has 36 heteroatoms. The summed E-state index contributed by atoms with van der Waals surface area (Å²) in [6.45, 7) is 74.4. The Kier molecular flexibility index (Phi) is 59.7. The zero-order valence-corrected chi connectivity index (χ0v) is 76.7. The lowest BCUT2D eigenvalue weighted by atomic mass is 10.2. The van der Waals surface area contributed by atoms with Crippen molar-refractivity contribution >= 4 is 104 Å². The Morgan fingerprint density at radius 2 is 0.358 bits per heavy atom. The van der Waals surface area contributed by atoms with Gasteiger partial charge in [0, 0.05) is 73.1 Å². The van der Waals surface area contributed by atoms with E-state index in [4.69, 9.17) is 99.2 Å². The summed E-state index contributed by atoms with van der Waals surface area (Å²) in [5, 5.41) is 0. The molecule has 0 aromatic heterocycles. The summed E-state index contributed by atoms with van der Waals surface area (Å²) in [4.78, 5) is 72.2. The first-order valence-electron chi connectivity index (χ1n) is 36.5. The maximum atomic E-state index is 12.2. The molecular weight excluding hydrogens is 1550 g/mol. The molecule has 0 aliphatic carbocycles. The van der Waals surface area contributed by atoms with Gasteiger partial charge in [-0.2, -0.15) is 0 Å². The van der Waals surface area contributed by atoms with Crippen LogP contribution < -0.4 is 0 Å². The lowest BCUT2D eigenvalue weighted by Crippen LogP contribution is -2.70. The Labute approximate surface area is 661 Å². The first-order chi connectivity index (χ1) is 51.3. The van der Waals surface area contributed by atoms with Crippen LogP contribution in [0.2, 0.25) is 76.6 Å². The molecule has 2 aliphatic rings. The van der Waals surface area contributed by atoms with E-state index in [1.807, 2.05) is 52.4 Å². The Balaban J connectivity index is -0.0000136. The third-order valence-corrected chi connectivity index (χ3v) is 50.1. The van der Waals surface area contributed by atoms with Gasteiger partial charge in [0.05, 0.1) is 64.6 Å². The van der Waals surface area contributed by atoms with Gasteiger partial charge in [-0.15, -0.1) is 52.6 Å². The fourth-order valence-electron chi connectivity index (χ4n) is 10.4. The third-order valence-electron chi connectivity index (χ3n) is 14.5. The molecule has 0 aromatic carbocycles. The SMILES string of the molecule is C=C.C=C.C=C.C=C.C=C(C)C(=O)OCCOCCC[Si]1(C)O[Si](C)(CCCOCCOC(=O)C(=C)C)O[Si](C)(COCCOC(=O)C(=C)C)O[Si](C)(COCCCCCOC[Si]2(C)O[Si](C)(CCCOCCOC(=O)C(=C)C)O[Si](C)(CCCOCCOC(=O)C(=C)C)O[Si](C)(COCCOC(=O)C(=C)C)O2)O1. The maximum absolute atomic E-state index is 12.2. The van der Waals surface area contributed by atoms with Crippen molar-refractivity contribution in [3.05, 3.63) is 126 Å². The van der Waals surface area contributed by atoms with E-state index in [2.05, 4.69) is 92.1 Å². The van der Waals surface area contributed by atoms with E-state index >= 15 is 0 Å². The Hall–Kier alpha value is -4.68. The van der Waals surface area contributed by atoms with Gasteiger partial charge in [-0.05, 0) is 163 Å². The van der Waals surface area contributed by atoms with E-state index in [1.165, 1.54) is 0 Å². The fourth-order valence-corrected chi connectivity index (χ4v) is 54.3. The molecule has 2 heterocycles. The van der Waals surface area contributed by atoms with Crippen molar-refractivity contribution in [3.8, 4) is 0 Å². The average molecular weight is 1690 g/mol. The molecule has 28 nitrogen and oxygen atoms in total. The predicted octanol–water partition coefficient (Wildman–Crippen LogP) is 12.7. The van der Waals surface area contributed by atoms with Crippen molar-refractivity contribution in [2.24, 2.45) is 0 Å². The topological polar surface area (TPSA) is 305 Å². The maximum Gasteiger partial charge on any atom is 0.344 e. The first-order valence-corrected chi connectivity index (χ1v) is 56.7. The zero-order chi connectivity index (χ0) is 83.8. The van der Waals surface area contributed by atoms with Crippen molar-refractivity contribution in [3.63, 3.8) is 0 Å². The van der Waals surface area contributed by atoms with Gasteiger partial charge in [-0.3, -0.25) is 0 Å². The highest BCUT2D eigenvalue weighted by molar-refractivity contribution is 6.95. The van der Waals surface area contributed by atoms with Crippen molar-refractivity contribution < 1.29 is 128 Å². The highest BCUT2D eigenvalue weighted by atomic mass is 28.5. The van der Waals surface area contributed by atoms with Crippen molar-refractivity contribution in [2.75, 3.05) is 144 Å². The van der Waals surface area contributed by atoms with Gasteiger partial charge in [0.15, 0.2) is 0 Å². The molecule has 8 atom stereocenters. The van der Waals surface area contributed by atoms with Crippen molar-refractivity contribution in [1.29, 1.82) is 0 Å². The molecule has 2 aliphatic heterocycles. The minimum atomic E-state index is -3.37. The zero-order valence-electron chi connectivity index (χ0n) is 68.7. The normalized spacial score (nSPS) is 23.5. The molecule has 0 spiro atoms. The number of unbranched alkanes of at least 4 members (excludes halogenated alkanes) is 2. The Bertz CT molecular complexity index is 2580. The van der Waals surface area contributed by atoms with Crippen LogP contribution in [0, 0.1) is 0 Å². The Morgan fingerprint density at radius 1 is 0.211 bits per heavy atom. The molecule has 0 N–H and O–H groups in total. The second-order valence-electron chi connectivity index (χ2n) is 26.5. The van der Waals surface area contributed by atoms with Crippen LogP contribution in [-0.4, -0.2) is 248 Å². The first kappa shape index (κ1) is 108. The van der Waals surface area contributed by atoms with Crippen LogP contribution in [0.15, 0.2) is 126 Å². The largest absolute Gasteiger partial charge is 0.460 e. The molecule has 2 fully saturated rings. The van der Waals surface area contributed by atoms with E-state index < -0.39 is 104 Å². The summed E-state index contributed by atoms with van der Waals surface area (Å²) < 4.78 is 138. The van der Waals surface area contributed by atoms with Crippen LogP contribution in [0.4, 0.5) is 0 Å². The van der Waals surface area contributed by atoms with Gasteiger partial charge < -0.3 is 99.2 Å². The second-order valence-corrected chi connectivity index (χ2v) is 54.3. The van der Waals surface area contributed by atoms with Gasteiger partial charge >= 0.3 is 104 Å². The fraction of sp³-hybridized carbons (Fsp3) is 0.644. The summed E-state index contributed by atoms with van der Waals surface area (Å²) in [5.41, 5.74) is 1.73. The smallest absolute Gasteiger partial charge is 0.344 e. The number of carbonyl (C=O) groups excluding carboxylic acids is 6. The van der Waals surface area contributed by atoms with Gasteiger partial charge in [-0.25, -0.2) is 28.8 Å². The molecular formula is C73H136O28Si8. The van der Waals surface area contributed by atoms with E-state index in [-0.39, 0.29) is 115 Å². The van der Waals surface area contributed by atoms with E-state index in [0.29, 0.717) is 125 Å². The van der Waals surface area contributed by atoms with E-state index in [0.717, 1.165) is 6.42 Å². The number of carbonyl (C=O) groups is 6. The second kappa shape index (κ2) is 60.0. The van der Waals surface area contributed by atoms with Gasteiger partial charge in [0.2, 0.25) is 0 Å². The van der Waals surface area contributed by atoms with Crippen LogP contribution in [0.25, 0.3) is 0 Å². The molecule has 628 valence electrons. The minimum Gasteiger partial charge on any atom is -0.460 e. The quantitative estimate of drug-likeness (QED) is 0.0136. The lowest BCUT2D eigenvalue weighted by Gasteiger charge is -2.50. The highest BCUT2D eigenvalue weighted by Gasteiger charge is 2.59. The number of rotatable bonds is 54. The highest BCUT2D eigenvalue weighted by Crippen LogP contribution is 2.38. The average Bonchev–Trinajstić information content (AvgIpc) is 0.774. The number of hydrogen-bond acceptors (Lipinski definition) is 28. The van der Waals surface area contributed by atoms with Crippen LogP contribution in [0.5, 0.6) is 0 Å². The van der Waals surface area contributed by atoms with Crippen molar-refractivity contribution in [1.82, 2.24) is 0 Å². The van der Waals surface area contributed by atoms with E-state index in [9.17, 15) is 28.8 Å². The monoisotopic (exact) mass is 1680 g/mol. The summed E-state index contributed by atoms with van der Waals surface area (Å²) >= 11 is 0. The van der Waals surface area contributed by atoms with Crippen LogP contribution >= 0.6 is 0 Å². The summed E-state index contributed by atoms with van der Waals surface area (Å²) in [5.74, 6) is -3.01. The number of hydrogen-bond donors (Lipinski definition) is 0. The summed E-state index contributed by atoms with van der Waals surface area (Å²) in [6.07, 6.45) is 4.73. The van der Waals surface area contributed by atoms with Gasteiger partial charge in [0.25, 0.3) is 0 Å². The summed E-state index contributed by atoms with van der Waals surface area (Å²) in [6, 6.07) is 2.03. The third kappa shape index (κ3) is 51.6. The van der Waals surface area contributed by atoms with Crippen LogP contribution in [0.1, 0.15) is 86.5 Å². The van der Waals surface area contributed by atoms with E-state index in [1.54, 1.807) is 41.5 Å². The number of esters is 6. The van der Waals surface area contributed by atoms with Crippen molar-refractivity contribution in [2.45, 2.75) is 163 Å². The van der Waals surface area contributed by atoms with Crippen LogP contribution in [-0.2, 0) is 128 Å². The molecule has 0 radical (unpaired) electrons. The lowest BCUT2D eigenvalue weighted by molar-refractivity contribution is -0.141.